The first-order valence-corrected chi connectivity index (χ1v) is 9.18. The zero-order chi connectivity index (χ0) is 16.8. The predicted octanol–water partition coefficient (Wildman–Crippen LogP) is 2.04. The molecule has 23 heavy (non-hydrogen) atoms. The van der Waals surface area contributed by atoms with E-state index in [-0.39, 0.29) is 28.2 Å². The van der Waals surface area contributed by atoms with E-state index < -0.39 is 15.4 Å². The summed E-state index contributed by atoms with van der Waals surface area (Å²) in [5.41, 5.74) is -0.266. The van der Waals surface area contributed by atoms with Crippen molar-refractivity contribution in [1.82, 2.24) is 9.88 Å². The van der Waals surface area contributed by atoms with Gasteiger partial charge in [-0.1, -0.05) is 18.2 Å². The molecule has 1 aliphatic rings. The Kier molecular flexibility index (Phi) is 3.64. The molecular weight excluding hydrogens is 338 g/mol. The molecule has 1 fully saturated rings. The van der Waals surface area contributed by atoms with Crippen LogP contribution in [-0.2, 0) is 9.84 Å². The maximum atomic E-state index is 11.7. The fraction of sp³-hybridized carbons (Fsp3) is 0.357. The van der Waals surface area contributed by atoms with Gasteiger partial charge in [-0.15, -0.1) is 4.91 Å². The summed E-state index contributed by atoms with van der Waals surface area (Å²) in [6.07, 6.45) is 0.425. The largest absolute Gasteiger partial charge is 0.493 e. The number of aromatic nitrogens is 1. The van der Waals surface area contributed by atoms with Crippen molar-refractivity contribution in [2.75, 3.05) is 11.5 Å². The minimum atomic E-state index is -3.10. The van der Waals surface area contributed by atoms with Gasteiger partial charge in [0.25, 0.3) is 0 Å². The number of thiocarbonyl (C=S) groups is 1. The molecule has 0 bridgehead atoms. The summed E-state index contributed by atoms with van der Waals surface area (Å²) >= 11 is 5.33. The molecule has 2 aromatic rings. The Labute approximate surface area is 138 Å². The van der Waals surface area contributed by atoms with Crippen molar-refractivity contribution in [3.63, 3.8) is 0 Å². The second kappa shape index (κ2) is 5.27. The molecule has 7 nitrogen and oxygen atoms in total. The topological polar surface area (TPSA) is 101 Å². The van der Waals surface area contributed by atoms with Crippen LogP contribution >= 0.6 is 12.2 Å². The highest BCUT2D eigenvalue weighted by molar-refractivity contribution is 7.91. The van der Waals surface area contributed by atoms with E-state index in [0.29, 0.717) is 17.3 Å². The molecule has 3 rings (SSSR count). The van der Waals surface area contributed by atoms with E-state index in [0.717, 1.165) is 0 Å². The highest BCUT2D eigenvalue weighted by atomic mass is 32.2. The molecular formula is C14H15N3O4S2. The summed E-state index contributed by atoms with van der Waals surface area (Å²) in [4.78, 5) is 11.0. The molecule has 1 aromatic carbocycles. The van der Waals surface area contributed by atoms with E-state index in [9.17, 15) is 18.4 Å². The number of fused-ring (bicyclic) bond motifs is 1. The quantitative estimate of drug-likeness (QED) is 0.633. The molecule has 0 amide bonds. The lowest BCUT2D eigenvalue weighted by Crippen LogP contribution is -2.48. The summed E-state index contributed by atoms with van der Waals surface area (Å²) in [5, 5.41) is 16.8. The van der Waals surface area contributed by atoms with Crippen LogP contribution in [0.3, 0.4) is 0 Å². The van der Waals surface area contributed by atoms with Crippen molar-refractivity contribution < 1.29 is 13.5 Å². The number of nitrogens with one attached hydrogen (secondary N) is 1. The maximum Gasteiger partial charge on any atom is 0.229 e. The van der Waals surface area contributed by atoms with Gasteiger partial charge in [-0.2, -0.15) is 0 Å². The standard InChI is InChI=1S/C14H15N3O4S2/c1-14(6-7-23(20,21)8-14)15-13(22)17-10-5-3-2-4-9(10)11(16-19)12(17)18/h2-5,18H,6-8H2,1H3,(H,15,22). The molecule has 0 radical (unpaired) electrons. The first-order chi connectivity index (χ1) is 10.8. The number of hydrogen-bond acceptors (Lipinski definition) is 6. The average Bonchev–Trinajstić information content (AvgIpc) is 2.91. The van der Waals surface area contributed by atoms with E-state index in [1.807, 2.05) is 0 Å². The van der Waals surface area contributed by atoms with Gasteiger partial charge in [-0.05, 0) is 36.8 Å². The average molecular weight is 353 g/mol. The molecule has 2 heterocycles. The Bertz CT molecular complexity index is 919. The van der Waals surface area contributed by atoms with Crippen LogP contribution in [0.4, 0.5) is 5.69 Å². The lowest BCUT2D eigenvalue weighted by atomic mass is 10.0. The van der Waals surface area contributed by atoms with Crippen LogP contribution in [-0.4, -0.2) is 40.2 Å². The van der Waals surface area contributed by atoms with Crippen molar-refractivity contribution in [2.24, 2.45) is 5.18 Å². The number of aromatic hydroxyl groups is 1. The minimum absolute atomic E-state index is 0.0289. The molecule has 0 saturated carbocycles. The van der Waals surface area contributed by atoms with Crippen molar-refractivity contribution in [2.45, 2.75) is 18.9 Å². The van der Waals surface area contributed by atoms with E-state index in [1.54, 1.807) is 31.2 Å². The highest BCUT2D eigenvalue weighted by Crippen LogP contribution is 2.38. The molecule has 0 spiro atoms. The van der Waals surface area contributed by atoms with Gasteiger partial charge in [0.1, 0.15) is 0 Å². The molecule has 9 heteroatoms. The van der Waals surface area contributed by atoms with E-state index >= 15 is 0 Å². The van der Waals surface area contributed by atoms with Crippen molar-refractivity contribution in [1.29, 1.82) is 0 Å². The minimum Gasteiger partial charge on any atom is -0.493 e. The second-order valence-corrected chi connectivity index (χ2v) is 8.52. The number of benzene rings is 1. The van der Waals surface area contributed by atoms with Crippen LogP contribution < -0.4 is 5.32 Å². The molecule has 122 valence electrons. The van der Waals surface area contributed by atoms with Gasteiger partial charge in [0.05, 0.1) is 22.6 Å². The summed E-state index contributed by atoms with van der Waals surface area (Å²) in [6.45, 7) is 1.77. The number of hydrogen-bond donors (Lipinski definition) is 2. The van der Waals surface area contributed by atoms with E-state index in [1.165, 1.54) is 4.57 Å². The molecule has 1 unspecified atom stereocenters. The third kappa shape index (κ3) is 2.70. The Morgan fingerprint density at radius 3 is 2.74 bits per heavy atom. The summed E-state index contributed by atoms with van der Waals surface area (Å²) in [6, 6.07) is 6.83. The lowest BCUT2D eigenvalue weighted by Gasteiger charge is -2.26. The first kappa shape index (κ1) is 15.9. The smallest absolute Gasteiger partial charge is 0.229 e. The van der Waals surface area contributed by atoms with Crippen LogP contribution in [0.1, 0.15) is 13.3 Å². The number of para-hydroxylation sites is 1. The molecule has 1 atom stereocenters. The highest BCUT2D eigenvalue weighted by Gasteiger charge is 2.39. The summed E-state index contributed by atoms with van der Waals surface area (Å²) < 4.78 is 24.7. The maximum absolute atomic E-state index is 11.7. The van der Waals surface area contributed by atoms with Gasteiger partial charge in [-0.25, -0.2) is 8.42 Å². The summed E-state index contributed by atoms with van der Waals surface area (Å²) in [5.74, 6) is -0.291. The van der Waals surface area contributed by atoms with Crippen LogP contribution in [0.2, 0.25) is 0 Å². The van der Waals surface area contributed by atoms with Crippen LogP contribution in [0.25, 0.3) is 10.9 Å². The molecule has 1 saturated heterocycles. The Hall–Kier alpha value is -2.00. The fourth-order valence-corrected chi connectivity index (χ4v) is 5.45. The zero-order valence-electron chi connectivity index (χ0n) is 12.3. The Morgan fingerprint density at radius 2 is 2.13 bits per heavy atom. The van der Waals surface area contributed by atoms with Gasteiger partial charge < -0.3 is 10.4 Å². The van der Waals surface area contributed by atoms with Crippen LogP contribution in [0, 0.1) is 4.91 Å². The number of nitroso groups, excluding NO2 is 1. The van der Waals surface area contributed by atoms with Gasteiger partial charge in [0, 0.05) is 5.39 Å². The van der Waals surface area contributed by atoms with E-state index in [2.05, 4.69) is 10.5 Å². The number of sulfone groups is 1. The third-order valence-corrected chi connectivity index (χ3v) is 6.22. The molecule has 1 aromatic heterocycles. The van der Waals surface area contributed by atoms with Gasteiger partial charge in [0.2, 0.25) is 5.88 Å². The van der Waals surface area contributed by atoms with Crippen molar-refractivity contribution in [3.8, 4) is 5.88 Å². The number of rotatable bonds is 2. The SMILES string of the molecule is CC1(NC(=S)n2c(O)c(N=O)c3ccccc32)CCS(=O)(=O)C1. The lowest BCUT2D eigenvalue weighted by molar-refractivity contribution is 0.439. The second-order valence-electron chi connectivity index (χ2n) is 5.95. The Morgan fingerprint density at radius 1 is 1.43 bits per heavy atom. The molecule has 2 N–H and O–H groups in total. The van der Waals surface area contributed by atoms with Crippen molar-refractivity contribution >= 4 is 43.8 Å². The van der Waals surface area contributed by atoms with Gasteiger partial charge >= 0.3 is 0 Å². The molecule has 1 aliphatic heterocycles. The van der Waals surface area contributed by atoms with Crippen LogP contribution in [0.5, 0.6) is 5.88 Å². The first-order valence-electron chi connectivity index (χ1n) is 6.95. The number of nitrogens with zero attached hydrogens (tertiary/aromatic N) is 2. The Balaban J connectivity index is 2.02. The zero-order valence-corrected chi connectivity index (χ0v) is 13.9. The normalized spacial score (nSPS) is 23.0. The van der Waals surface area contributed by atoms with Crippen LogP contribution in [0.15, 0.2) is 29.4 Å². The molecule has 0 aliphatic carbocycles. The van der Waals surface area contributed by atoms with Gasteiger partial charge in [0.15, 0.2) is 20.6 Å². The summed E-state index contributed by atoms with van der Waals surface area (Å²) in [7, 11) is -3.10. The monoisotopic (exact) mass is 353 g/mol. The third-order valence-electron chi connectivity index (χ3n) is 4.03. The van der Waals surface area contributed by atoms with Gasteiger partial charge in [-0.3, -0.25) is 4.57 Å². The van der Waals surface area contributed by atoms with Crippen molar-refractivity contribution in [3.05, 3.63) is 29.2 Å². The fourth-order valence-electron chi connectivity index (χ4n) is 2.93. The predicted molar refractivity (Wildman–Crippen MR) is 91.9 cm³/mol. The van der Waals surface area contributed by atoms with E-state index in [4.69, 9.17) is 12.2 Å².